The molecule has 212 valence electrons. The van der Waals surface area contributed by atoms with Gasteiger partial charge in [-0.05, 0) is 42.8 Å². The highest BCUT2D eigenvalue weighted by Gasteiger charge is 2.30. The maximum atomic E-state index is 12.5. The molecular weight excluding hydrogens is 532 g/mol. The van der Waals surface area contributed by atoms with Gasteiger partial charge in [-0.3, -0.25) is 19.3 Å². The number of pyridine rings is 1. The molecule has 2 N–H and O–H groups in total. The highest BCUT2D eigenvalue weighted by molar-refractivity contribution is 6.35. The van der Waals surface area contributed by atoms with Crippen LogP contribution in [0.5, 0.6) is 5.88 Å². The Balaban J connectivity index is 1.17. The first-order valence-electron chi connectivity index (χ1n) is 13.9. The number of hydrogen-bond donors (Lipinski definition) is 2. The number of anilines is 4. The number of aliphatic imine (C=N–C) groups is 1. The summed E-state index contributed by atoms with van der Waals surface area (Å²) in [6.07, 6.45) is 7.21. The number of hydrogen-bond acceptors (Lipinski definition) is 11. The minimum atomic E-state index is -0.132. The van der Waals surface area contributed by atoms with Gasteiger partial charge >= 0.3 is 0 Å². The van der Waals surface area contributed by atoms with Crippen LogP contribution in [0, 0.1) is 6.92 Å². The van der Waals surface area contributed by atoms with Crippen LogP contribution in [0.3, 0.4) is 0 Å². The standard InChI is InChI=1S/C30H30N10O2/c1-19-29(41)39(15-11-32-19)22-5-3-20(4-6-22)23-17-21-18-34-30(37-26(21)40-16-12-33-27(23)40)35-24-7-8-25(36-28(24)42-2)38-13-9-31-10-14-38/h3-8,11,15,17-18,31H,9-10,12-14,16H2,1-2H3,(H,34,35,37). The van der Waals surface area contributed by atoms with Crippen molar-refractivity contribution in [1.29, 1.82) is 0 Å². The lowest BCUT2D eigenvalue weighted by Crippen LogP contribution is -2.43. The average molecular weight is 563 g/mol. The zero-order valence-corrected chi connectivity index (χ0v) is 23.4. The van der Waals surface area contributed by atoms with Crippen LogP contribution < -0.4 is 30.7 Å². The van der Waals surface area contributed by atoms with Crippen LogP contribution in [0.2, 0.25) is 0 Å². The van der Waals surface area contributed by atoms with E-state index in [1.165, 1.54) is 0 Å². The molecule has 0 saturated carbocycles. The Hall–Kier alpha value is -5.10. The maximum absolute atomic E-state index is 12.5. The van der Waals surface area contributed by atoms with Gasteiger partial charge in [0, 0.05) is 68.1 Å². The van der Waals surface area contributed by atoms with Crippen LogP contribution >= 0.6 is 0 Å². The van der Waals surface area contributed by atoms with Crippen molar-refractivity contribution in [2.24, 2.45) is 4.99 Å². The van der Waals surface area contributed by atoms with Crippen LogP contribution in [0.25, 0.3) is 17.3 Å². The topological polar surface area (TPSA) is 126 Å². The maximum Gasteiger partial charge on any atom is 0.276 e. The lowest BCUT2D eigenvalue weighted by Gasteiger charge is -2.29. The lowest BCUT2D eigenvalue weighted by molar-refractivity contribution is 0.399. The SMILES string of the molecule is COc1nc(N2CCNCC2)ccc1Nc1ncc2c(n1)N1CCN=C1C(c1ccc(-n3ccnc(C)c3=O)cc1)=C2. The molecule has 0 atom stereocenters. The molecule has 7 rings (SSSR count). The second-order valence-corrected chi connectivity index (χ2v) is 10.2. The molecule has 12 heteroatoms. The van der Waals surface area contributed by atoms with E-state index in [-0.39, 0.29) is 5.56 Å². The molecule has 0 amide bonds. The van der Waals surface area contributed by atoms with Crippen molar-refractivity contribution in [3.63, 3.8) is 0 Å². The molecule has 4 aromatic rings. The van der Waals surface area contributed by atoms with E-state index in [1.807, 2.05) is 42.6 Å². The molecule has 0 spiro atoms. The van der Waals surface area contributed by atoms with Gasteiger partial charge in [-0.2, -0.15) is 9.97 Å². The predicted molar refractivity (Wildman–Crippen MR) is 163 cm³/mol. The van der Waals surface area contributed by atoms with Crippen molar-refractivity contribution in [2.45, 2.75) is 6.92 Å². The van der Waals surface area contributed by atoms with E-state index >= 15 is 0 Å². The molecule has 0 unspecified atom stereocenters. The summed E-state index contributed by atoms with van der Waals surface area (Å²) in [7, 11) is 1.62. The molecule has 0 aliphatic carbocycles. The largest absolute Gasteiger partial charge is 0.479 e. The molecule has 0 bridgehead atoms. The fraction of sp³-hybridized carbons (Fsp3) is 0.267. The second-order valence-electron chi connectivity index (χ2n) is 10.2. The summed E-state index contributed by atoms with van der Waals surface area (Å²) in [5.74, 6) is 3.50. The summed E-state index contributed by atoms with van der Waals surface area (Å²) in [4.78, 5) is 40.0. The number of amidine groups is 1. The summed E-state index contributed by atoms with van der Waals surface area (Å²) in [5.41, 5.74) is 4.69. The van der Waals surface area contributed by atoms with Crippen LogP contribution in [-0.2, 0) is 0 Å². The molecular formula is C30H30N10O2. The Labute approximate surface area is 242 Å². The van der Waals surface area contributed by atoms with Crippen LogP contribution in [0.4, 0.5) is 23.3 Å². The zero-order chi connectivity index (χ0) is 28.6. The number of aryl methyl sites for hydroxylation is 1. The molecule has 1 fully saturated rings. The van der Waals surface area contributed by atoms with Crippen molar-refractivity contribution >= 4 is 40.8 Å². The Morgan fingerprint density at radius 2 is 1.83 bits per heavy atom. The average Bonchev–Trinajstić information content (AvgIpc) is 3.53. The summed E-state index contributed by atoms with van der Waals surface area (Å²) >= 11 is 0. The summed E-state index contributed by atoms with van der Waals surface area (Å²) in [6.45, 7) is 6.79. The highest BCUT2D eigenvalue weighted by atomic mass is 16.5. The van der Waals surface area contributed by atoms with Gasteiger partial charge in [-0.1, -0.05) is 12.1 Å². The van der Waals surface area contributed by atoms with E-state index in [0.29, 0.717) is 29.8 Å². The third kappa shape index (κ3) is 4.65. The van der Waals surface area contributed by atoms with Crippen molar-refractivity contribution in [3.8, 4) is 11.6 Å². The van der Waals surface area contributed by atoms with Gasteiger partial charge in [0.05, 0.1) is 13.7 Å². The number of piperazine rings is 1. The zero-order valence-electron chi connectivity index (χ0n) is 23.4. The summed E-state index contributed by atoms with van der Waals surface area (Å²) < 4.78 is 7.21. The van der Waals surface area contributed by atoms with Gasteiger partial charge < -0.3 is 25.2 Å². The third-order valence-corrected chi connectivity index (χ3v) is 7.63. The summed E-state index contributed by atoms with van der Waals surface area (Å²) in [5, 5.41) is 6.66. The number of ether oxygens (including phenoxy) is 1. The van der Waals surface area contributed by atoms with E-state index in [9.17, 15) is 4.79 Å². The van der Waals surface area contributed by atoms with E-state index in [4.69, 9.17) is 19.7 Å². The van der Waals surface area contributed by atoms with Crippen LogP contribution in [-0.4, -0.2) is 76.7 Å². The summed E-state index contributed by atoms with van der Waals surface area (Å²) in [6, 6.07) is 11.8. The molecule has 6 heterocycles. The van der Waals surface area contributed by atoms with Gasteiger partial charge in [0.2, 0.25) is 11.8 Å². The van der Waals surface area contributed by atoms with Crippen molar-refractivity contribution in [2.75, 3.05) is 61.5 Å². The Kier molecular flexibility index (Phi) is 6.59. The van der Waals surface area contributed by atoms with Crippen LogP contribution in [0.15, 0.2) is 64.8 Å². The third-order valence-electron chi connectivity index (χ3n) is 7.63. The van der Waals surface area contributed by atoms with Crippen molar-refractivity contribution in [1.82, 2.24) is 29.8 Å². The molecule has 3 aliphatic heterocycles. The van der Waals surface area contributed by atoms with E-state index in [0.717, 1.165) is 72.6 Å². The smallest absolute Gasteiger partial charge is 0.276 e. The quantitative estimate of drug-likeness (QED) is 0.362. The van der Waals surface area contributed by atoms with Crippen molar-refractivity contribution in [3.05, 3.63) is 82.2 Å². The van der Waals surface area contributed by atoms with Crippen LogP contribution in [0.1, 0.15) is 16.8 Å². The lowest BCUT2D eigenvalue weighted by atomic mass is 9.98. The Morgan fingerprint density at radius 3 is 2.64 bits per heavy atom. The van der Waals surface area contributed by atoms with Gasteiger partial charge in [0.15, 0.2) is 0 Å². The number of nitrogens with zero attached hydrogens (tertiary/aromatic N) is 8. The molecule has 1 aromatic carbocycles. The van der Waals surface area contributed by atoms with Gasteiger partial charge in [0.25, 0.3) is 5.56 Å². The fourth-order valence-corrected chi connectivity index (χ4v) is 5.46. The molecule has 3 aromatic heterocycles. The Bertz CT molecular complexity index is 1770. The number of aromatic nitrogens is 5. The molecule has 12 nitrogen and oxygen atoms in total. The van der Waals surface area contributed by atoms with Gasteiger partial charge in [-0.15, -0.1) is 0 Å². The van der Waals surface area contributed by atoms with Gasteiger partial charge in [-0.25, -0.2) is 4.98 Å². The van der Waals surface area contributed by atoms with E-state index in [1.54, 1.807) is 31.0 Å². The van der Waals surface area contributed by atoms with Crippen molar-refractivity contribution < 1.29 is 4.74 Å². The molecule has 42 heavy (non-hydrogen) atoms. The monoisotopic (exact) mass is 562 g/mol. The number of methoxy groups -OCH3 is 1. The Morgan fingerprint density at radius 1 is 1.00 bits per heavy atom. The number of fused-ring (bicyclic) bond motifs is 3. The number of benzene rings is 1. The number of nitrogens with one attached hydrogen (secondary N) is 2. The normalized spacial score (nSPS) is 16.0. The highest BCUT2D eigenvalue weighted by Crippen LogP contribution is 2.36. The first-order chi connectivity index (χ1) is 20.6. The fourth-order valence-electron chi connectivity index (χ4n) is 5.46. The minimum absolute atomic E-state index is 0.132. The van der Waals surface area contributed by atoms with E-state index in [2.05, 4.69) is 36.5 Å². The number of rotatable bonds is 6. The molecule has 0 radical (unpaired) electrons. The molecule has 3 aliphatic rings. The first-order valence-corrected chi connectivity index (χ1v) is 13.9. The van der Waals surface area contributed by atoms with Gasteiger partial charge in [0.1, 0.15) is 28.9 Å². The molecule has 1 saturated heterocycles. The van der Waals surface area contributed by atoms with E-state index < -0.39 is 0 Å². The first kappa shape index (κ1) is 25.8. The minimum Gasteiger partial charge on any atom is -0.479 e. The second kappa shape index (κ2) is 10.7. The predicted octanol–water partition coefficient (Wildman–Crippen LogP) is 2.66.